The predicted octanol–water partition coefficient (Wildman–Crippen LogP) is 1.27. The molecule has 4 nitrogen and oxygen atoms in total. The van der Waals surface area contributed by atoms with Gasteiger partial charge in [-0.2, -0.15) is 0 Å². The monoisotopic (exact) mass is 250 g/mol. The average Bonchev–Trinajstić information content (AvgIpc) is 2.27. The van der Waals surface area contributed by atoms with Crippen molar-refractivity contribution >= 4 is 5.91 Å². The summed E-state index contributed by atoms with van der Waals surface area (Å²) in [5.74, 6) is -0.216. The van der Waals surface area contributed by atoms with Crippen molar-refractivity contribution in [3.8, 4) is 0 Å². The summed E-state index contributed by atoms with van der Waals surface area (Å²) in [6.07, 6.45) is 0.0858. The molecule has 100 valence electrons. The summed E-state index contributed by atoms with van der Waals surface area (Å²) in [6, 6.07) is 6.83. The van der Waals surface area contributed by atoms with Crippen molar-refractivity contribution in [2.75, 3.05) is 0 Å². The van der Waals surface area contributed by atoms with Crippen molar-refractivity contribution in [1.82, 2.24) is 5.32 Å². The van der Waals surface area contributed by atoms with Gasteiger partial charge in [0.2, 0.25) is 5.91 Å². The number of aryl methyl sites for hydroxylation is 1. The number of benzene rings is 1. The highest BCUT2D eigenvalue weighted by atomic mass is 16.3. The summed E-state index contributed by atoms with van der Waals surface area (Å²) in [4.78, 5) is 11.9. The first-order valence-corrected chi connectivity index (χ1v) is 6.20. The molecule has 18 heavy (non-hydrogen) atoms. The number of hydrogen-bond donors (Lipinski definition) is 3. The summed E-state index contributed by atoms with van der Waals surface area (Å²) >= 11 is 0. The Morgan fingerprint density at radius 1 is 1.33 bits per heavy atom. The molecule has 0 aliphatic carbocycles. The Morgan fingerprint density at radius 2 is 1.89 bits per heavy atom. The van der Waals surface area contributed by atoms with Gasteiger partial charge in [0.05, 0.1) is 6.10 Å². The lowest BCUT2D eigenvalue weighted by molar-refractivity contribution is -0.123. The summed E-state index contributed by atoms with van der Waals surface area (Å²) in [7, 11) is 0. The number of nitrogens with two attached hydrogens (primary N) is 1. The van der Waals surface area contributed by atoms with E-state index in [9.17, 15) is 9.90 Å². The van der Waals surface area contributed by atoms with Crippen molar-refractivity contribution < 1.29 is 9.90 Å². The Bertz CT molecular complexity index is 387. The van der Waals surface area contributed by atoms with E-state index < -0.39 is 12.1 Å². The minimum absolute atomic E-state index is 0.0889. The van der Waals surface area contributed by atoms with Crippen molar-refractivity contribution in [2.45, 2.75) is 45.4 Å². The van der Waals surface area contributed by atoms with Crippen LogP contribution < -0.4 is 11.1 Å². The Labute approximate surface area is 108 Å². The van der Waals surface area contributed by atoms with E-state index in [2.05, 4.69) is 5.32 Å². The first-order chi connectivity index (χ1) is 8.40. The van der Waals surface area contributed by atoms with Gasteiger partial charge in [0.15, 0.2) is 0 Å². The van der Waals surface area contributed by atoms with Gasteiger partial charge in [-0.15, -0.1) is 0 Å². The maximum absolute atomic E-state index is 11.9. The van der Waals surface area contributed by atoms with Crippen LogP contribution in [0.3, 0.4) is 0 Å². The molecule has 0 bridgehead atoms. The lowest BCUT2D eigenvalue weighted by atomic mass is 10.0. The maximum Gasteiger partial charge on any atom is 0.241 e. The van der Waals surface area contributed by atoms with E-state index in [1.807, 2.05) is 38.1 Å². The number of rotatable bonds is 5. The van der Waals surface area contributed by atoms with Crippen LogP contribution in [0, 0.1) is 6.92 Å². The topological polar surface area (TPSA) is 75.4 Å². The second-order valence-corrected chi connectivity index (χ2v) is 4.88. The quantitative estimate of drug-likeness (QED) is 0.736. The van der Waals surface area contributed by atoms with Crippen LogP contribution in [0.15, 0.2) is 24.3 Å². The van der Waals surface area contributed by atoms with E-state index >= 15 is 0 Å². The molecule has 0 fully saturated rings. The lowest BCUT2D eigenvalue weighted by Gasteiger charge is -2.18. The Morgan fingerprint density at radius 3 is 2.39 bits per heavy atom. The second kappa shape index (κ2) is 6.52. The first kappa shape index (κ1) is 14.7. The fraction of sp³-hybridized carbons (Fsp3) is 0.500. The van der Waals surface area contributed by atoms with Gasteiger partial charge in [-0.25, -0.2) is 0 Å². The Kier molecular flexibility index (Phi) is 5.31. The van der Waals surface area contributed by atoms with Gasteiger partial charge < -0.3 is 16.2 Å². The fourth-order valence-electron chi connectivity index (χ4n) is 1.83. The van der Waals surface area contributed by atoms with Gasteiger partial charge in [0.25, 0.3) is 0 Å². The van der Waals surface area contributed by atoms with Crippen LogP contribution in [-0.4, -0.2) is 23.2 Å². The molecule has 0 aliphatic rings. The zero-order chi connectivity index (χ0) is 13.7. The SMILES string of the molecule is Cc1ccc(C(N)C(=O)NC(C)CC(C)O)cc1. The summed E-state index contributed by atoms with van der Waals surface area (Å²) in [6.45, 7) is 5.54. The normalized spacial score (nSPS) is 15.8. The van der Waals surface area contributed by atoms with Crippen LogP contribution >= 0.6 is 0 Å². The summed E-state index contributed by atoms with van der Waals surface area (Å²) < 4.78 is 0. The number of carbonyl (C=O) groups excluding carboxylic acids is 1. The van der Waals surface area contributed by atoms with Crippen molar-refractivity contribution in [3.63, 3.8) is 0 Å². The Hall–Kier alpha value is -1.39. The standard InChI is InChI=1S/C14H22N2O2/c1-9-4-6-12(7-5-9)13(15)14(18)16-10(2)8-11(3)17/h4-7,10-11,13,17H,8,15H2,1-3H3,(H,16,18). The molecular formula is C14H22N2O2. The van der Waals surface area contributed by atoms with Crippen LogP contribution in [0.1, 0.15) is 37.4 Å². The molecule has 1 rings (SSSR count). The van der Waals surface area contributed by atoms with Crippen LogP contribution in [-0.2, 0) is 4.79 Å². The average molecular weight is 250 g/mol. The molecule has 0 spiro atoms. The van der Waals surface area contributed by atoms with Crippen LogP contribution in [0.5, 0.6) is 0 Å². The van der Waals surface area contributed by atoms with E-state index in [4.69, 9.17) is 5.73 Å². The number of nitrogens with one attached hydrogen (secondary N) is 1. The van der Waals surface area contributed by atoms with Gasteiger partial charge >= 0.3 is 0 Å². The van der Waals surface area contributed by atoms with Gasteiger partial charge in [0, 0.05) is 6.04 Å². The summed E-state index contributed by atoms with van der Waals surface area (Å²) in [5, 5.41) is 12.0. The molecule has 1 aromatic rings. The van der Waals surface area contributed by atoms with E-state index in [1.54, 1.807) is 6.92 Å². The minimum Gasteiger partial charge on any atom is -0.393 e. The molecule has 0 aliphatic heterocycles. The molecule has 0 saturated heterocycles. The highest BCUT2D eigenvalue weighted by Gasteiger charge is 2.18. The first-order valence-electron chi connectivity index (χ1n) is 6.20. The van der Waals surface area contributed by atoms with E-state index in [0.29, 0.717) is 6.42 Å². The summed E-state index contributed by atoms with van der Waals surface area (Å²) in [5.41, 5.74) is 7.82. The van der Waals surface area contributed by atoms with Crippen LogP contribution in [0.4, 0.5) is 0 Å². The molecule has 3 unspecified atom stereocenters. The molecule has 4 heteroatoms. The van der Waals surface area contributed by atoms with Gasteiger partial charge in [-0.3, -0.25) is 4.79 Å². The third-order valence-corrected chi connectivity index (χ3v) is 2.80. The molecule has 1 amide bonds. The van der Waals surface area contributed by atoms with Gasteiger partial charge in [0.1, 0.15) is 6.04 Å². The van der Waals surface area contributed by atoms with Crippen LogP contribution in [0.25, 0.3) is 0 Å². The Balaban J connectivity index is 2.58. The van der Waals surface area contributed by atoms with E-state index in [1.165, 1.54) is 0 Å². The zero-order valence-corrected chi connectivity index (χ0v) is 11.2. The molecule has 0 aromatic heterocycles. The van der Waals surface area contributed by atoms with Crippen LogP contribution in [0.2, 0.25) is 0 Å². The smallest absolute Gasteiger partial charge is 0.241 e. The number of carbonyl (C=O) groups is 1. The predicted molar refractivity (Wildman–Crippen MR) is 72.0 cm³/mol. The molecule has 0 heterocycles. The lowest BCUT2D eigenvalue weighted by Crippen LogP contribution is -2.40. The van der Waals surface area contributed by atoms with Crippen molar-refractivity contribution in [3.05, 3.63) is 35.4 Å². The third-order valence-electron chi connectivity index (χ3n) is 2.80. The molecule has 1 aromatic carbocycles. The van der Waals surface area contributed by atoms with Gasteiger partial charge in [-0.05, 0) is 32.8 Å². The molecule has 3 atom stereocenters. The zero-order valence-electron chi connectivity index (χ0n) is 11.2. The van der Waals surface area contributed by atoms with Crippen molar-refractivity contribution in [2.24, 2.45) is 5.73 Å². The third kappa shape index (κ3) is 4.47. The number of amides is 1. The number of aliphatic hydroxyl groups is 1. The highest BCUT2D eigenvalue weighted by Crippen LogP contribution is 2.12. The highest BCUT2D eigenvalue weighted by molar-refractivity contribution is 5.83. The fourth-order valence-corrected chi connectivity index (χ4v) is 1.83. The van der Waals surface area contributed by atoms with E-state index in [-0.39, 0.29) is 11.9 Å². The van der Waals surface area contributed by atoms with Gasteiger partial charge in [-0.1, -0.05) is 29.8 Å². The second-order valence-electron chi connectivity index (χ2n) is 4.88. The minimum atomic E-state index is -0.665. The van der Waals surface area contributed by atoms with E-state index in [0.717, 1.165) is 11.1 Å². The molecular weight excluding hydrogens is 228 g/mol. The maximum atomic E-state index is 11.9. The molecule has 0 saturated carbocycles. The number of hydrogen-bond acceptors (Lipinski definition) is 3. The molecule has 0 radical (unpaired) electrons. The number of aliphatic hydroxyl groups excluding tert-OH is 1. The largest absolute Gasteiger partial charge is 0.393 e. The van der Waals surface area contributed by atoms with Crippen molar-refractivity contribution in [1.29, 1.82) is 0 Å². The molecule has 4 N–H and O–H groups in total.